The summed E-state index contributed by atoms with van der Waals surface area (Å²) in [7, 11) is 0. The number of benzene rings is 2. The van der Waals surface area contributed by atoms with Crippen molar-refractivity contribution in [2.45, 2.75) is 11.8 Å². The number of alkyl halides is 1. The maximum Gasteiger partial charge on any atom is 0.126 e. The molecule has 1 unspecified atom stereocenters. The van der Waals surface area contributed by atoms with Crippen molar-refractivity contribution in [2.24, 2.45) is 0 Å². The molecular weight excluding hydrogens is 385 g/mol. The first-order chi connectivity index (χ1) is 8.58. The molecule has 0 saturated carbocycles. The number of halogens is 4. The Balaban J connectivity index is 2.19. The molecule has 2 aromatic carbocycles. The SMILES string of the molecule is Fc1ccccc1CC(Cl)c1ccc(I)c(Cl)c1. The normalized spacial score (nSPS) is 12.4. The average Bonchev–Trinajstić information content (AvgIpc) is 2.35. The molecule has 0 aliphatic heterocycles. The maximum atomic E-state index is 13.5. The molecule has 4 heteroatoms. The minimum Gasteiger partial charge on any atom is -0.207 e. The van der Waals surface area contributed by atoms with E-state index in [2.05, 4.69) is 22.6 Å². The van der Waals surface area contributed by atoms with Crippen LogP contribution in [0.4, 0.5) is 4.39 Å². The Bertz CT molecular complexity index is 557. The summed E-state index contributed by atoms with van der Waals surface area (Å²) in [6, 6.07) is 12.3. The van der Waals surface area contributed by atoms with Crippen LogP contribution in [0.3, 0.4) is 0 Å². The van der Waals surface area contributed by atoms with Crippen LogP contribution in [-0.4, -0.2) is 0 Å². The largest absolute Gasteiger partial charge is 0.207 e. The van der Waals surface area contributed by atoms with Gasteiger partial charge in [0.2, 0.25) is 0 Å². The van der Waals surface area contributed by atoms with E-state index in [4.69, 9.17) is 23.2 Å². The second-order valence-electron chi connectivity index (χ2n) is 3.94. The highest BCUT2D eigenvalue weighted by Crippen LogP contribution is 2.29. The highest BCUT2D eigenvalue weighted by atomic mass is 127. The first kappa shape index (κ1) is 14.1. The van der Waals surface area contributed by atoms with Crippen molar-refractivity contribution in [2.75, 3.05) is 0 Å². The van der Waals surface area contributed by atoms with Gasteiger partial charge in [-0.2, -0.15) is 0 Å². The molecule has 0 bridgehead atoms. The molecule has 94 valence electrons. The third-order valence-corrected chi connectivity index (χ3v) is 4.64. The summed E-state index contributed by atoms with van der Waals surface area (Å²) in [5.74, 6) is -0.222. The molecule has 0 saturated heterocycles. The molecule has 2 rings (SSSR count). The van der Waals surface area contributed by atoms with Gasteiger partial charge < -0.3 is 0 Å². The van der Waals surface area contributed by atoms with Crippen molar-refractivity contribution in [3.8, 4) is 0 Å². The van der Waals surface area contributed by atoms with Gasteiger partial charge in [-0.05, 0) is 58.3 Å². The Morgan fingerprint density at radius 3 is 2.56 bits per heavy atom. The topological polar surface area (TPSA) is 0 Å². The van der Waals surface area contributed by atoms with Gasteiger partial charge in [0.1, 0.15) is 5.82 Å². The minimum absolute atomic E-state index is 0.222. The van der Waals surface area contributed by atoms with E-state index >= 15 is 0 Å². The molecule has 0 fully saturated rings. The lowest BCUT2D eigenvalue weighted by atomic mass is 10.0. The summed E-state index contributed by atoms with van der Waals surface area (Å²) in [5, 5.41) is 0.392. The van der Waals surface area contributed by atoms with Crippen molar-refractivity contribution < 1.29 is 4.39 Å². The van der Waals surface area contributed by atoms with Gasteiger partial charge in [0.05, 0.1) is 10.4 Å². The van der Waals surface area contributed by atoms with E-state index in [0.29, 0.717) is 17.0 Å². The van der Waals surface area contributed by atoms with Crippen LogP contribution in [0.1, 0.15) is 16.5 Å². The van der Waals surface area contributed by atoms with Crippen molar-refractivity contribution >= 4 is 45.8 Å². The quantitative estimate of drug-likeness (QED) is 0.469. The first-order valence-electron chi connectivity index (χ1n) is 5.40. The summed E-state index contributed by atoms with van der Waals surface area (Å²) in [6.07, 6.45) is 0.450. The minimum atomic E-state index is -0.281. The Morgan fingerprint density at radius 1 is 1.17 bits per heavy atom. The zero-order valence-corrected chi connectivity index (χ0v) is 13.0. The molecule has 0 nitrogen and oxygen atoms in total. The molecule has 0 heterocycles. The van der Waals surface area contributed by atoms with Gasteiger partial charge >= 0.3 is 0 Å². The monoisotopic (exact) mass is 394 g/mol. The number of hydrogen-bond donors (Lipinski definition) is 0. The Hall–Kier alpha value is -0.320. The van der Waals surface area contributed by atoms with Gasteiger partial charge in [-0.1, -0.05) is 35.9 Å². The number of hydrogen-bond acceptors (Lipinski definition) is 0. The van der Waals surface area contributed by atoms with Gasteiger partial charge in [-0.3, -0.25) is 0 Å². The fourth-order valence-corrected chi connectivity index (χ4v) is 2.51. The summed E-state index contributed by atoms with van der Waals surface area (Å²) in [6.45, 7) is 0. The molecule has 0 amide bonds. The van der Waals surface area contributed by atoms with Crippen molar-refractivity contribution in [3.63, 3.8) is 0 Å². The van der Waals surface area contributed by atoms with E-state index in [1.807, 2.05) is 24.3 Å². The molecule has 1 atom stereocenters. The van der Waals surface area contributed by atoms with Crippen molar-refractivity contribution in [1.29, 1.82) is 0 Å². The smallest absolute Gasteiger partial charge is 0.126 e. The third kappa shape index (κ3) is 3.37. The van der Waals surface area contributed by atoms with E-state index < -0.39 is 0 Å². The Kier molecular flexibility index (Phi) is 4.87. The lowest BCUT2D eigenvalue weighted by Crippen LogP contribution is -1.98. The Morgan fingerprint density at radius 2 is 1.89 bits per heavy atom. The fourth-order valence-electron chi connectivity index (χ4n) is 1.68. The molecule has 0 radical (unpaired) electrons. The van der Waals surface area contributed by atoms with Crippen LogP contribution in [0.15, 0.2) is 42.5 Å². The van der Waals surface area contributed by atoms with Crippen LogP contribution in [0, 0.1) is 9.39 Å². The van der Waals surface area contributed by atoms with Gasteiger partial charge in [-0.15, -0.1) is 11.6 Å². The maximum absolute atomic E-state index is 13.5. The second kappa shape index (κ2) is 6.22. The molecule has 0 N–H and O–H groups in total. The molecule has 0 aliphatic carbocycles. The summed E-state index contributed by atoms with van der Waals surface area (Å²) >= 11 is 14.5. The summed E-state index contributed by atoms with van der Waals surface area (Å²) < 4.78 is 14.5. The van der Waals surface area contributed by atoms with Crippen molar-refractivity contribution in [1.82, 2.24) is 0 Å². The standard InChI is InChI=1S/C14H10Cl2FI/c15-11(8-10-3-1-2-4-13(10)17)9-5-6-14(18)12(16)7-9/h1-7,11H,8H2. The van der Waals surface area contributed by atoms with Gasteiger partial charge in [-0.25, -0.2) is 4.39 Å². The highest BCUT2D eigenvalue weighted by molar-refractivity contribution is 14.1. The lowest BCUT2D eigenvalue weighted by Gasteiger charge is -2.11. The van der Waals surface area contributed by atoms with E-state index in [1.165, 1.54) is 6.07 Å². The zero-order chi connectivity index (χ0) is 13.1. The first-order valence-corrected chi connectivity index (χ1v) is 7.29. The van der Waals surface area contributed by atoms with E-state index in [0.717, 1.165) is 9.13 Å². The lowest BCUT2D eigenvalue weighted by molar-refractivity contribution is 0.607. The van der Waals surface area contributed by atoms with Gasteiger partial charge in [0.25, 0.3) is 0 Å². The molecule has 2 aromatic rings. The molecule has 18 heavy (non-hydrogen) atoms. The summed E-state index contributed by atoms with van der Waals surface area (Å²) in [4.78, 5) is 0. The average molecular weight is 395 g/mol. The van der Waals surface area contributed by atoms with Crippen molar-refractivity contribution in [3.05, 3.63) is 68.0 Å². The van der Waals surface area contributed by atoms with Crippen LogP contribution in [0.2, 0.25) is 5.02 Å². The van der Waals surface area contributed by atoms with Gasteiger partial charge in [0, 0.05) is 3.57 Å². The van der Waals surface area contributed by atoms with E-state index in [9.17, 15) is 4.39 Å². The van der Waals surface area contributed by atoms with E-state index in [-0.39, 0.29) is 11.2 Å². The predicted molar refractivity (Wildman–Crippen MR) is 82.9 cm³/mol. The third-order valence-electron chi connectivity index (χ3n) is 2.66. The predicted octanol–water partition coefficient (Wildman–Crippen LogP) is 5.61. The van der Waals surface area contributed by atoms with Crippen LogP contribution in [-0.2, 0) is 6.42 Å². The fraction of sp³-hybridized carbons (Fsp3) is 0.143. The van der Waals surface area contributed by atoms with Crippen LogP contribution in [0.5, 0.6) is 0 Å². The van der Waals surface area contributed by atoms with Crippen LogP contribution >= 0.6 is 45.8 Å². The highest BCUT2D eigenvalue weighted by Gasteiger charge is 2.12. The molecule has 0 spiro atoms. The molecular formula is C14H10Cl2FI. The van der Waals surface area contributed by atoms with Crippen LogP contribution < -0.4 is 0 Å². The molecule has 0 aliphatic rings. The second-order valence-corrected chi connectivity index (χ2v) is 6.03. The molecule has 0 aromatic heterocycles. The zero-order valence-electron chi connectivity index (χ0n) is 9.34. The number of rotatable bonds is 3. The van der Waals surface area contributed by atoms with Gasteiger partial charge in [0.15, 0.2) is 0 Å². The summed E-state index contributed by atoms with van der Waals surface area (Å²) in [5.41, 5.74) is 1.53. The Labute approximate surface area is 129 Å². The van der Waals surface area contributed by atoms with Crippen LogP contribution in [0.25, 0.3) is 0 Å². The van der Waals surface area contributed by atoms with E-state index in [1.54, 1.807) is 12.1 Å².